The molecule has 1 aromatic rings. The first-order valence-electron chi connectivity index (χ1n) is 8.64. The zero-order valence-corrected chi connectivity index (χ0v) is 13.7. The minimum atomic E-state index is 0.396. The fourth-order valence-electron chi connectivity index (χ4n) is 4.27. The van der Waals surface area contributed by atoms with Crippen LogP contribution in [0.2, 0.25) is 0 Å². The summed E-state index contributed by atoms with van der Waals surface area (Å²) < 4.78 is 1.97. The molecular weight excluding hydrogens is 260 g/mol. The van der Waals surface area contributed by atoms with Crippen LogP contribution >= 0.6 is 0 Å². The summed E-state index contributed by atoms with van der Waals surface area (Å²) in [5.41, 5.74) is 2.63. The van der Waals surface area contributed by atoms with Crippen molar-refractivity contribution in [2.75, 3.05) is 6.54 Å². The van der Waals surface area contributed by atoms with Crippen LogP contribution in [0.25, 0.3) is 0 Å². The first kappa shape index (κ1) is 15.0. The van der Waals surface area contributed by atoms with Gasteiger partial charge in [0.1, 0.15) is 0 Å². The molecule has 3 rings (SSSR count). The Morgan fingerprint density at radius 2 is 2.14 bits per heavy atom. The van der Waals surface area contributed by atoms with Crippen molar-refractivity contribution in [3.05, 3.63) is 17.5 Å². The molecule has 2 N–H and O–H groups in total. The number of piperidine rings is 1. The van der Waals surface area contributed by atoms with Crippen LogP contribution in [0.15, 0.2) is 6.20 Å². The molecule has 4 atom stereocenters. The second kappa shape index (κ2) is 6.49. The van der Waals surface area contributed by atoms with E-state index in [1.54, 1.807) is 0 Å². The molecule has 1 aromatic heterocycles. The van der Waals surface area contributed by atoms with Crippen LogP contribution in [0.4, 0.5) is 0 Å². The van der Waals surface area contributed by atoms with Gasteiger partial charge in [-0.3, -0.25) is 4.68 Å². The molecular formula is C17H30N4. The summed E-state index contributed by atoms with van der Waals surface area (Å²) in [6.45, 7) is 5.66. The first-order valence-corrected chi connectivity index (χ1v) is 8.64. The van der Waals surface area contributed by atoms with Crippen LogP contribution in [0.1, 0.15) is 62.7 Å². The molecule has 1 saturated heterocycles. The molecule has 4 unspecified atom stereocenters. The average molecular weight is 290 g/mol. The maximum atomic E-state index is 4.39. The molecule has 0 spiro atoms. The molecule has 0 aromatic carbocycles. The first-order chi connectivity index (χ1) is 10.2. The summed E-state index contributed by atoms with van der Waals surface area (Å²) in [6.07, 6.45) is 10.2. The van der Waals surface area contributed by atoms with Gasteiger partial charge in [0, 0.05) is 36.4 Å². The summed E-state index contributed by atoms with van der Waals surface area (Å²) in [4.78, 5) is 0. The molecule has 2 fully saturated rings. The number of hydrogen-bond donors (Lipinski definition) is 2. The SMILES string of the molecule is Cc1c(C(C)NC2CCCC2C2CCCCN2)cnn1C. The minimum Gasteiger partial charge on any atom is -0.314 e. The van der Waals surface area contributed by atoms with Gasteiger partial charge in [0.05, 0.1) is 6.20 Å². The molecule has 0 amide bonds. The second-order valence-corrected chi connectivity index (χ2v) is 6.95. The lowest BCUT2D eigenvalue weighted by Gasteiger charge is -2.34. The number of hydrogen-bond acceptors (Lipinski definition) is 3. The van der Waals surface area contributed by atoms with Gasteiger partial charge in [0.2, 0.25) is 0 Å². The van der Waals surface area contributed by atoms with E-state index >= 15 is 0 Å². The third-order valence-corrected chi connectivity index (χ3v) is 5.64. The number of aryl methyl sites for hydroxylation is 1. The maximum absolute atomic E-state index is 4.39. The highest BCUT2D eigenvalue weighted by molar-refractivity contribution is 5.20. The second-order valence-electron chi connectivity index (χ2n) is 6.95. The van der Waals surface area contributed by atoms with Crippen molar-refractivity contribution in [3.8, 4) is 0 Å². The normalized spacial score (nSPS) is 31.5. The Balaban J connectivity index is 1.64. The highest BCUT2D eigenvalue weighted by Crippen LogP contribution is 2.33. The summed E-state index contributed by atoms with van der Waals surface area (Å²) in [7, 11) is 2.02. The van der Waals surface area contributed by atoms with Gasteiger partial charge in [0.25, 0.3) is 0 Å². The molecule has 1 saturated carbocycles. The predicted molar refractivity (Wildman–Crippen MR) is 86.3 cm³/mol. The van der Waals surface area contributed by atoms with Gasteiger partial charge in [-0.05, 0) is 52.0 Å². The van der Waals surface area contributed by atoms with Gasteiger partial charge < -0.3 is 10.6 Å². The van der Waals surface area contributed by atoms with E-state index in [1.165, 1.54) is 56.3 Å². The van der Waals surface area contributed by atoms with Crippen molar-refractivity contribution >= 4 is 0 Å². The van der Waals surface area contributed by atoms with Gasteiger partial charge in [-0.2, -0.15) is 5.10 Å². The topological polar surface area (TPSA) is 41.9 Å². The van der Waals surface area contributed by atoms with Crippen LogP contribution in [0.5, 0.6) is 0 Å². The molecule has 1 aliphatic heterocycles. The minimum absolute atomic E-state index is 0.396. The monoisotopic (exact) mass is 290 g/mol. The Morgan fingerprint density at radius 1 is 1.29 bits per heavy atom. The molecule has 4 heteroatoms. The molecule has 0 bridgehead atoms. The van der Waals surface area contributed by atoms with Crippen molar-refractivity contribution in [2.45, 2.75) is 70.5 Å². The Kier molecular flexibility index (Phi) is 4.65. The van der Waals surface area contributed by atoms with Crippen molar-refractivity contribution in [1.29, 1.82) is 0 Å². The number of nitrogens with zero attached hydrogens (tertiary/aromatic N) is 2. The summed E-state index contributed by atoms with van der Waals surface area (Å²) in [6, 6.07) is 1.80. The highest BCUT2D eigenvalue weighted by atomic mass is 15.3. The van der Waals surface area contributed by atoms with Crippen LogP contribution in [-0.4, -0.2) is 28.4 Å². The average Bonchev–Trinajstić information content (AvgIpc) is 3.08. The number of aromatic nitrogens is 2. The van der Waals surface area contributed by atoms with E-state index in [-0.39, 0.29) is 0 Å². The van der Waals surface area contributed by atoms with Crippen LogP contribution < -0.4 is 10.6 Å². The third kappa shape index (κ3) is 3.16. The molecule has 0 radical (unpaired) electrons. The van der Waals surface area contributed by atoms with E-state index in [2.05, 4.69) is 29.6 Å². The van der Waals surface area contributed by atoms with Crippen LogP contribution in [0.3, 0.4) is 0 Å². The van der Waals surface area contributed by atoms with E-state index in [0.717, 1.165) is 12.0 Å². The Bertz CT molecular complexity index is 461. The fourth-order valence-corrected chi connectivity index (χ4v) is 4.27. The van der Waals surface area contributed by atoms with Crippen molar-refractivity contribution < 1.29 is 0 Å². The highest BCUT2D eigenvalue weighted by Gasteiger charge is 2.35. The maximum Gasteiger partial charge on any atom is 0.0540 e. The molecule has 2 aliphatic rings. The number of rotatable bonds is 4. The molecule has 21 heavy (non-hydrogen) atoms. The van der Waals surface area contributed by atoms with E-state index in [9.17, 15) is 0 Å². The predicted octanol–water partition coefficient (Wildman–Crippen LogP) is 2.69. The lowest BCUT2D eigenvalue weighted by molar-refractivity contribution is 0.248. The van der Waals surface area contributed by atoms with Gasteiger partial charge in [-0.1, -0.05) is 12.8 Å². The van der Waals surface area contributed by atoms with Gasteiger partial charge in [-0.25, -0.2) is 0 Å². The van der Waals surface area contributed by atoms with E-state index < -0.39 is 0 Å². The summed E-state index contributed by atoms with van der Waals surface area (Å²) >= 11 is 0. The Morgan fingerprint density at radius 3 is 2.81 bits per heavy atom. The van der Waals surface area contributed by atoms with Crippen molar-refractivity contribution in [3.63, 3.8) is 0 Å². The molecule has 2 heterocycles. The Hall–Kier alpha value is -0.870. The standard InChI is InChI=1S/C17H30N4/c1-12(15-11-19-21(3)13(15)2)20-17-9-6-7-14(17)16-8-4-5-10-18-16/h11-12,14,16-18,20H,4-10H2,1-3H3. The molecule has 4 nitrogen and oxygen atoms in total. The molecule has 1 aliphatic carbocycles. The van der Waals surface area contributed by atoms with E-state index in [1.807, 2.05) is 17.9 Å². The molecule has 118 valence electrons. The van der Waals surface area contributed by atoms with Crippen molar-refractivity contribution in [2.24, 2.45) is 13.0 Å². The Labute approximate surface area is 128 Å². The summed E-state index contributed by atoms with van der Waals surface area (Å²) in [5, 5.41) is 12.1. The zero-order valence-electron chi connectivity index (χ0n) is 13.7. The van der Waals surface area contributed by atoms with Crippen LogP contribution in [0, 0.1) is 12.8 Å². The summed E-state index contributed by atoms with van der Waals surface area (Å²) in [5.74, 6) is 0.810. The zero-order chi connectivity index (χ0) is 14.8. The number of nitrogens with one attached hydrogen (secondary N) is 2. The van der Waals surface area contributed by atoms with Gasteiger partial charge in [0.15, 0.2) is 0 Å². The van der Waals surface area contributed by atoms with Crippen LogP contribution in [-0.2, 0) is 7.05 Å². The van der Waals surface area contributed by atoms with E-state index in [4.69, 9.17) is 0 Å². The smallest absolute Gasteiger partial charge is 0.0540 e. The lowest BCUT2D eigenvalue weighted by atomic mass is 9.88. The van der Waals surface area contributed by atoms with E-state index in [0.29, 0.717) is 12.1 Å². The van der Waals surface area contributed by atoms with Gasteiger partial charge in [-0.15, -0.1) is 0 Å². The quantitative estimate of drug-likeness (QED) is 0.896. The van der Waals surface area contributed by atoms with Crippen molar-refractivity contribution in [1.82, 2.24) is 20.4 Å². The third-order valence-electron chi connectivity index (χ3n) is 5.64. The largest absolute Gasteiger partial charge is 0.314 e. The van der Waals surface area contributed by atoms with Gasteiger partial charge >= 0.3 is 0 Å². The fraction of sp³-hybridized carbons (Fsp3) is 0.824. The lowest BCUT2D eigenvalue weighted by Crippen LogP contribution is -2.47.